The number of nitrogen functional groups attached to an aromatic ring is 1. The molecule has 5 nitrogen and oxygen atoms in total. The van der Waals surface area contributed by atoms with Gasteiger partial charge in [-0.1, -0.05) is 0 Å². The zero-order valence-electron chi connectivity index (χ0n) is 10.3. The Hall–Kier alpha value is -2.34. The third-order valence-electron chi connectivity index (χ3n) is 2.80. The van der Waals surface area contributed by atoms with Crippen molar-refractivity contribution in [3.05, 3.63) is 36.0 Å². The summed E-state index contributed by atoms with van der Waals surface area (Å²) in [6.45, 7) is 0. The average Bonchev–Trinajstić information content (AvgIpc) is 3.07. The van der Waals surface area contributed by atoms with Crippen molar-refractivity contribution in [3.8, 4) is 28.5 Å². The minimum absolute atomic E-state index is 0.663. The zero-order valence-corrected chi connectivity index (χ0v) is 11.1. The van der Waals surface area contributed by atoms with E-state index >= 15 is 0 Å². The number of hydrogen-bond acceptors (Lipinski definition) is 5. The lowest BCUT2D eigenvalue weighted by atomic mass is 10.2. The molecule has 3 aromatic rings. The number of benzene rings is 1. The van der Waals surface area contributed by atoms with Gasteiger partial charge in [0.1, 0.15) is 16.4 Å². The minimum Gasteiger partial charge on any atom is -0.497 e. The topological polar surface area (TPSA) is 76.8 Å². The maximum absolute atomic E-state index is 5.84. The number of thiazole rings is 1. The van der Waals surface area contributed by atoms with E-state index in [0.717, 1.165) is 17.0 Å². The number of nitrogens with zero attached hydrogens (tertiary/aromatic N) is 2. The van der Waals surface area contributed by atoms with E-state index in [0.29, 0.717) is 16.5 Å². The van der Waals surface area contributed by atoms with Crippen molar-refractivity contribution in [1.82, 2.24) is 15.0 Å². The summed E-state index contributed by atoms with van der Waals surface area (Å²) in [6.07, 6.45) is 1.77. The molecule has 6 heteroatoms. The largest absolute Gasteiger partial charge is 0.497 e. The molecule has 2 heterocycles. The summed E-state index contributed by atoms with van der Waals surface area (Å²) in [5.41, 5.74) is 10.2. The van der Waals surface area contributed by atoms with Gasteiger partial charge in [-0.2, -0.15) is 0 Å². The molecule has 0 atom stereocenters. The number of rotatable bonds is 3. The molecule has 0 saturated carbocycles. The normalized spacial score (nSPS) is 10.6. The van der Waals surface area contributed by atoms with Crippen LogP contribution in [0.15, 0.2) is 36.0 Å². The van der Waals surface area contributed by atoms with E-state index < -0.39 is 0 Å². The van der Waals surface area contributed by atoms with Gasteiger partial charge in [0.05, 0.1) is 24.5 Å². The van der Waals surface area contributed by atoms with E-state index in [4.69, 9.17) is 10.5 Å². The van der Waals surface area contributed by atoms with Crippen molar-refractivity contribution in [2.75, 3.05) is 12.8 Å². The molecule has 3 N–H and O–H groups in total. The highest BCUT2D eigenvalue weighted by Gasteiger charge is 2.10. The molecule has 2 aromatic heterocycles. The van der Waals surface area contributed by atoms with Crippen LogP contribution in [0.2, 0.25) is 0 Å². The monoisotopic (exact) mass is 272 g/mol. The van der Waals surface area contributed by atoms with E-state index in [-0.39, 0.29) is 0 Å². The molecule has 0 bridgehead atoms. The third kappa shape index (κ3) is 2.17. The molecular formula is C13H12N4OS. The third-order valence-corrected chi connectivity index (χ3v) is 3.45. The Morgan fingerprint density at radius 1 is 1.21 bits per heavy atom. The molecule has 0 aliphatic carbocycles. The molecule has 0 saturated heterocycles. The SMILES string of the molecule is COc1ccc(-c2cnc(-c3ncsc3N)[nH]2)cc1. The zero-order chi connectivity index (χ0) is 13.2. The number of imidazole rings is 1. The predicted octanol–water partition coefficient (Wildman–Crippen LogP) is 2.79. The lowest BCUT2D eigenvalue weighted by Crippen LogP contribution is -1.87. The summed E-state index contributed by atoms with van der Waals surface area (Å²) in [7, 11) is 1.65. The Balaban J connectivity index is 1.94. The fourth-order valence-electron chi connectivity index (χ4n) is 1.79. The highest BCUT2D eigenvalue weighted by Crippen LogP contribution is 2.28. The number of aromatic amines is 1. The van der Waals surface area contributed by atoms with Gasteiger partial charge >= 0.3 is 0 Å². The van der Waals surface area contributed by atoms with Crippen molar-refractivity contribution in [2.45, 2.75) is 0 Å². The van der Waals surface area contributed by atoms with Crippen molar-refractivity contribution in [3.63, 3.8) is 0 Å². The summed E-state index contributed by atoms with van der Waals surface area (Å²) < 4.78 is 5.13. The van der Waals surface area contributed by atoms with Crippen molar-refractivity contribution in [2.24, 2.45) is 0 Å². The second kappa shape index (κ2) is 4.74. The quantitative estimate of drug-likeness (QED) is 0.768. The lowest BCUT2D eigenvalue weighted by Gasteiger charge is -2.01. The van der Waals surface area contributed by atoms with Crippen LogP contribution in [-0.4, -0.2) is 22.1 Å². The smallest absolute Gasteiger partial charge is 0.159 e. The van der Waals surface area contributed by atoms with Crippen LogP contribution in [0.5, 0.6) is 5.75 Å². The molecule has 0 aliphatic rings. The van der Waals surface area contributed by atoms with Crippen LogP contribution >= 0.6 is 11.3 Å². The van der Waals surface area contributed by atoms with E-state index in [9.17, 15) is 0 Å². The second-order valence-electron chi connectivity index (χ2n) is 3.94. The molecule has 0 unspecified atom stereocenters. The number of methoxy groups -OCH3 is 1. The Morgan fingerprint density at radius 3 is 2.63 bits per heavy atom. The predicted molar refractivity (Wildman–Crippen MR) is 76.1 cm³/mol. The molecule has 0 spiro atoms. The fraction of sp³-hybridized carbons (Fsp3) is 0.0769. The summed E-state index contributed by atoms with van der Waals surface area (Å²) in [5.74, 6) is 1.51. The minimum atomic E-state index is 0.663. The highest BCUT2D eigenvalue weighted by atomic mass is 32.1. The van der Waals surface area contributed by atoms with Crippen molar-refractivity contribution >= 4 is 16.3 Å². The van der Waals surface area contributed by atoms with Gasteiger partial charge in [0.25, 0.3) is 0 Å². The molecule has 0 amide bonds. The lowest BCUT2D eigenvalue weighted by molar-refractivity contribution is 0.415. The number of H-pyrrole nitrogens is 1. The first-order valence-corrected chi connectivity index (χ1v) is 6.54. The fourth-order valence-corrected chi connectivity index (χ4v) is 2.32. The summed E-state index contributed by atoms with van der Waals surface area (Å²) in [6, 6.07) is 7.77. The first-order chi connectivity index (χ1) is 9.28. The molecule has 0 aliphatic heterocycles. The van der Waals surface area contributed by atoms with E-state index in [1.807, 2.05) is 24.3 Å². The maximum atomic E-state index is 5.84. The molecule has 96 valence electrons. The van der Waals surface area contributed by atoms with Gasteiger partial charge in [0.2, 0.25) is 0 Å². The molecule has 0 fully saturated rings. The molecule has 19 heavy (non-hydrogen) atoms. The van der Waals surface area contributed by atoms with Gasteiger partial charge in [-0.25, -0.2) is 9.97 Å². The number of aromatic nitrogens is 3. The Bertz CT molecular complexity index is 687. The highest BCUT2D eigenvalue weighted by molar-refractivity contribution is 7.14. The number of hydrogen-bond donors (Lipinski definition) is 2. The van der Waals surface area contributed by atoms with Crippen LogP contribution in [0.4, 0.5) is 5.00 Å². The van der Waals surface area contributed by atoms with Gasteiger partial charge < -0.3 is 15.5 Å². The summed E-state index contributed by atoms with van der Waals surface area (Å²) in [5, 5.41) is 0.663. The first kappa shape index (κ1) is 11.7. The van der Waals surface area contributed by atoms with Crippen LogP contribution in [0.1, 0.15) is 0 Å². The van der Waals surface area contributed by atoms with Gasteiger partial charge in [-0.05, 0) is 29.8 Å². The second-order valence-corrected chi connectivity index (χ2v) is 4.83. The number of ether oxygens (including phenoxy) is 1. The van der Waals surface area contributed by atoms with E-state index in [2.05, 4.69) is 15.0 Å². The van der Waals surface area contributed by atoms with Crippen LogP contribution < -0.4 is 10.5 Å². The van der Waals surface area contributed by atoms with Gasteiger partial charge in [-0.15, -0.1) is 11.3 Å². The van der Waals surface area contributed by atoms with Crippen LogP contribution in [-0.2, 0) is 0 Å². The molecule has 3 rings (SSSR count). The van der Waals surface area contributed by atoms with Crippen LogP contribution in [0, 0.1) is 0 Å². The summed E-state index contributed by atoms with van der Waals surface area (Å²) >= 11 is 1.40. The Morgan fingerprint density at radius 2 is 2.00 bits per heavy atom. The Kier molecular flexibility index (Phi) is 2.92. The van der Waals surface area contributed by atoms with Gasteiger partial charge in [0.15, 0.2) is 5.82 Å². The van der Waals surface area contributed by atoms with Crippen molar-refractivity contribution in [1.29, 1.82) is 0 Å². The Labute approximate surface area is 114 Å². The standard InChI is InChI=1S/C13H12N4OS/c1-18-9-4-2-8(3-5-9)10-6-15-13(17-10)11-12(14)19-7-16-11/h2-7H,14H2,1H3,(H,15,17). The van der Waals surface area contributed by atoms with Gasteiger partial charge in [-0.3, -0.25) is 0 Å². The van der Waals surface area contributed by atoms with Gasteiger partial charge in [0, 0.05) is 0 Å². The number of anilines is 1. The molecular weight excluding hydrogens is 260 g/mol. The summed E-state index contributed by atoms with van der Waals surface area (Å²) in [4.78, 5) is 11.7. The van der Waals surface area contributed by atoms with Crippen LogP contribution in [0.25, 0.3) is 22.8 Å². The van der Waals surface area contributed by atoms with E-state index in [1.165, 1.54) is 11.3 Å². The van der Waals surface area contributed by atoms with Crippen LogP contribution in [0.3, 0.4) is 0 Å². The maximum Gasteiger partial charge on any atom is 0.159 e. The number of nitrogens with one attached hydrogen (secondary N) is 1. The number of nitrogens with two attached hydrogens (primary N) is 1. The molecule has 1 aromatic carbocycles. The van der Waals surface area contributed by atoms with Crippen molar-refractivity contribution < 1.29 is 4.74 Å². The average molecular weight is 272 g/mol. The van der Waals surface area contributed by atoms with E-state index in [1.54, 1.807) is 18.8 Å². The molecule has 0 radical (unpaired) electrons. The first-order valence-electron chi connectivity index (χ1n) is 5.66.